The topological polar surface area (TPSA) is 95.6 Å². The van der Waals surface area contributed by atoms with Crippen molar-refractivity contribution in [2.45, 2.75) is 0 Å². The normalized spacial score (nSPS) is 11.5. The van der Waals surface area contributed by atoms with Gasteiger partial charge in [-0.25, -0.2) is 14.0 Å². The van der Waals surface area contributed by atoms with Crippen LogP contribution in [0.2, 0.25) is 0 Å². The Balaban J connectivity index is 2.25. The highest BCUT2D eigenvalue weighted by Gasteiger charge is 2.16. The SMILES string of the molecule is CSCCNc1nonc1C(=Nc1ccc(Br)c(F)c1)NO. The van der Waals surface area contributed by atoms with Crippen LogP contribution in [0.5, 0.6) is 0 Å². The van der Waals surface area contributed by atoms with E-state index in [9.17, 15) is 9.60 Å². The van der Waals surface area contributed by atoms with Gasteiger partial charge in [-0.2, -0.15) is 11.8 Å². The number of nitrogens with zero attached hydrogens (tertiary/aromatic N) is 3. The predicted molar refractivity (Wildman–Crippen MR) is 86.4 cm³/mol. The number of rotatable bonds is 6. The standard InChI is InChI=1S/C12H13BrFN5O2S/c1-22-5-4-15-11-10(18-21-19-11)12(17-20)16-7-2-3-8(13)9(14)6-7/h2-3,6,20H,4-5H2,1H3,(H,15,19)(H,16,17). The predicted octanol–water partition coefficient (Wildman–Crippen LogP) is 2.80. The molecular formula is C12H13BrFN5O2S. The fraction of sp³-hybridized carbons (Fsp3) is 0.250. The molecular weight excluding hydrogens is 377 g/mol. The first-order valence-corrected chi connectivity index (χ1v) is 8.34. The zero-order valence-corrected chi connectivity index (χ0v) is 13.9. The van der Waals surface area contributed by atoms with Crippen LogP contribution in [0.25, 0.3) is 0 Å². The minimum Gasteiger partial charge on any atom is -0.364 e. The van der Waals surface area contributed by atoms with Crippen LogP contribution in [-0.2, 0) is 0 Å². The summed E-state index contributed by atoms with van der Waals surface area (Å²) in [6.07, 6.45) is 1.98. The number of aromatic nitrogens is 2. The molecule has 0 saturated heterocycles. The van der Waals surface area contributed by atoms with Crippen LogP contribution < -0.4 is 10.8 Å². The van der Waals surface area contributed by atoms with Crippen LogP contribution in [-0.4, -0.2) is 39.9 Å². The molecule has 0 bridgehead atoms. The Kier molecular flexibility index (Phi) is 6.16. The van der Waals surface area contributed by atoms with Crippen LogP contribution in [0.1, 0.15) is 5.69 Å². The monoisotopic (exact) mass is 389 g/mol. The quantitative estimate of drug-likeness (QED) is 0.302. The largest absolute Gasteiger partial charge is 0.364 e. The molecule has 0 fully saturated rings. The van der Waals surface area contributed by atoms with Gasteiger partial charge in [0.15, 0.2) is 11.5 Å². The third-order valence-corrected chi connectivity index (χ3v) is 3.82. The number of anilines is 1. The average Bonchev–Trinajstić information content (AvgIpc) is 2.97. The van der Waals surface area contributed by atoms with Crippen molar-refractivity contribution in [2.75, 3.05) is 23.9 Å². The summed E-state index contributed by atoms with van der Waals surface area (Å²) in [5.74, 6) is 0.736. The van der Waals surface area contributed by atoms with Crippen molar-refractivity contribution in [3.8, 4) is 0 Å². The Hall–Kier alpha value is -1.65. The lowest BCUT2D eigenvalue weighted by molar-refractivity contribution is 0.234. The second-order valence-corrected chi connectivity index (χ2v) is 5.89. The molecule has 0 aliphatic heterocycles. The number of benzene rings is 1. The summed E-state index contributed by atoms with van der Waals surface area (Å²) < 4.78 is 18.5. The van der Waals surface area contributed by atoms with Gasteiger partial charge in [0, 0.05) is 18.4 Å². The molecule has 7 nitrogen and oxygen atoms in total. The second kappa shape index (κ2) is 8.11. The lowest BCUT2D eigenvalue weighted by Crippen LogP contribution is -2.22. The molecule has 0 saturated carbocycles. The Bertz CT molecular complexity index is 667. The van der Waals surface area contributed by atoms with E-state index in [0.717, 1.165) is 5.75 Å². The van der Waals surface area contributed by atoms with Gasteiger partial charge in [0.05, 0.1) is 10.2 Å². The van der Waals surface area contributed by atoms with Crippen LogP contribution in [0, 0.1) is 5.82 Å². The third kappa shape index (κ3) is 4.18. The number of amidine groups is 1. The van der Waals surface area contributed by atoms with E-state index in [1.807, 2.05) is 11.7 Å². The molecule has 2 aromatic rings. The van der Waals surface area contributed by atoms with Crippen LogP contribution in [0.4, 0.5) is 15.9 Å². The molecule has 0 amide bonds. The summed E-state index contributed by atoms with van der Waals surface area (Å²) in [5.41, 5.74) is 2.43. The van der Waals surface area contributed by atoms with E-state index in [1.165, 1.54) is 12.1 Å². The van der Waals surface area contributed by atoms with Gasteiger partial charge in [-0.05, 0) is 44.6 Å². The van der Waals surface area contributed by atoms with Crippen molar-refractivity contribution in [1.29, 1.82) is 0 Å². The number of hydrogen-bond donors (Lipinski definition) is 3. The Morgan fingerprint density at radius 1 is 1.50 bits per heavy atom. The van der Waals surface area contributed by atoms with Gasteiger partial charge in [0.25, 0.3) is 0 Å². The molecule has 0 spiro atoms. The third-order valence-electron chi connectivity index (χ3n) is 2.56. The average molecular weight is 390 g/mol. The Morgan fingerprint density at radius 2 is 2.32 bits per heavy atom. The van der Waals surface area contributed by atoms with Crippen LogP contribution in [0.15, 0.2) is 32.3 Å². The smallest absolute Gasteiger partial charge is 0.202 e. The molecule has 3 N–H and O–H groups in total. The van der Waals surface area contributed by atoms with E-state index in [1.54, 1.807) is 17.8 Å². The van der Waals surface area contributed by atoms with Crippen molar-refractivity contribution in [1.82, 2.24) is 15.8 Å². The summed E-state index contributed by atoms with van der Waals surface area (Å²) >= 11 is 4.73. The molecule has 0 aliphatic carbocycles. The summed E-state index contributed by atoms with van der Waals surface area (Å²) in [6, 6.07) is 4.32. The molecule has 0 atom stereocenters. The molecule has 1 aromatic heterocycles. The van der Waals surface area contributed by atoms with Crippen molar-refractivity contribution in [3.63, 3.8) is 0 Å². The van der Waals surface area contributed by atoms with Gasteiger partial charge in [0.1, 0.15) is 5.82 Å². The van der Waals surface area contributed by atoms with E-state index in [-0.39, 0.29) is 11.5 Å². The molecule has 118 valence electrons. The fourth-order valence-electron chi connectivity index (χ4n) is 1.55. The number of aliphatic imine (C=N–C) groups is 1. The molecule has 10 heteroatoms. The van der Waals surface area contributed by atoms with E-state index < -0.39 is 5.82 Å². The van der Waals surface area contributed by atoms with Crippen molar-refractivity contribution >= 4 is 45.0 Å². The maximum absolute atomic E-state index is 13.5. The number of thioether (sulfide) groups is 1. The number of hydrogen-bond acceptors (Lipinski definition) is 7. The van der Waals surface area contributed by atoms with Gasteiger partial charge in [-0.3, -0.25) is 10.7 Å². The maximum atomic E-state index is 13.5. The number of halogens is 2. The maximum Gasteiger partial charge on any atom is 0.202 e. The minimum atomic E-state index is -0.463. The molecule has 0 radical (unpaired) electrons. The first-order chi connectivity index (χ1) is 10.7. The summed E-state index contributed by atoms with van der Waals surface area (Å²) in [7, 11) is 0. The molecule has 1 aromatic carbocycles. The van der Waals surface area contributed by atoms with Crippen LogP contribution >= 0.6 is 27.7 Å². The second-order valence-electron chi connectivity index (χ2n) is 4.05. The van der Waals surface area contributed by atoms with Gasteiger partial charge < -0.3 is 5.32 Å². The van der Waals surface area contributed by atoms with Crippen molar-refractivity contribution < 1.29 is 14.2 Å². The fourth-order valence-corrected chi connectivity index (χ4v) is 2.10. The highest BCUT2D eigenvalue weighted by Crippen LogP contribution is 2.22. The van der Waals surface area contributed by atoms with Gasteiger partial charge in [-0.1, -0.05) is 0 Å². The summed E-state index contributed by atoms with van der Waals surface area (Å²) in [4.78, 5) is 4.10. The highest BCUT2D eigenvalue weighted by molar-refractivity contribution is 9.10. The summed E-state index contributed by atoms with van der Waals surface area (Å²) in [5, 5.41) is 19.7. The molecule has 1 heterocycles. The zero-order chi connectivity index (χ0) is 15.9. The molecule has 0 unspecified atom stereocenters. The zero-order valence-electron chi connectivity index (χ0n) is 11.5. The van der Waals surface area contributed by atoms with Crippen LogP contribution in [0.3, 0.4) is 0 Å². The van der Waals surface area contributed by atoms with E-state index in [0.29, 0.717) is 22.5 Å². The van der Waals surface area contributed by atoms with Gasteiger partial charge >= 0.3 is 0 Å². The van der Waals surface area contributed by atoms with Gasteiger partial charge in [-0.15, -0.1) is 0 Å². The van der Waals surface area contributed by atoms with E-state index in [2.05, 4.69) is 41.2 Å². The van der Waals surface area contributed by atoms with Gasteiger partial charge in [0.2, 0.25) is 5.82 Å². The van der Waals surface area contributed by atoms with E-state index >= 15 is 0 Å². The molecule has 0 aliphatic rings. The van der Waals surface area contributed by atoms with Crippen molar-refractivity contribution in [2.24, 2.45) is 4.99 Å². The highest BCUT2D eigenvalue weighted by atomic mass is 79.9. The first-order valence-electron chi connectivity index (χ1n) is 6.15. The first kappa shape index (κ1) is 16.7. The minimum absolute atomic E-state index is 0.00498. The lowest BCUT2D eigenvalue weighted by Gasteiger charge is -2.05. The number of hydroxylamine groups is 1. The van der Waals surface area contributed by atoms with E-state index in [4.69, 9.17) is 0 Å². The molecule has 2 rings (SSSR count). The lowest BCUT2D eigenvalue weighted by atomic mass is 10.3. The van der Waals surface area contributed by atoms with Crippen molar-refractivity contribution in [3.05, 3.63) is 34.2 Å². The Morgan fingerprint density at radius 3 is 3.00 bits per heavy atom. The Labute approximate surface area is 138 Å². The summed E-state index contributed by atoms with van der Waals surface area (Å²) in [6.45, 7) is 0.647. The number of nitrogens with one attached hydrogen (secondary N) is 2. The molecule has 22 heavy (non-hydrogen) atoms.